The first-order valence-electron chi connectivity index (χ1n) is 10.6. The van der Waals surface area contributed by atoms with Gasteiger partial charge in [-0.1, -0.05) is 25.1 Å². The summed E-state index contributed by atoms with van der Waals surface area (Å²) in [4.78, 5) is 28.7. The standard InChI is InChI=1S/C23H28N4O3/c1-3-16(2)24-23(28)20-14-17-13-19(27(29)30)9-10-21(17)26-12-11-25(15-22(20)26)18-7-5-4-6-8-18/h4-10,13,16,20,22H,3,11-12,14-15H2,1-2H3,(H,24,28). The summed E-state index contributed by atoms with van der Waals surface area (Å²) in [5.41, 5.74) is 3.15. The van der Waals surface area contributed by atoms with E-state index in [1.807, 2.05) is 31.2 Å². The van der Waals surface area contributed by atoms with Gasteiger partial charge in [-0.05, 0) is 43.5 Å². The topological polar surface area (TPSA) is 78.7 Å². The lowest BCUT2D eigenvalue weighted by Gasteiger charge is -2.49. The van der Waals surface area contributed by atoms with E-state index < -0.39 is 0 Å². The molecule has 2 aliphatic rings. The number of fused-ring (bicyclic) bond motifs is 3. The average Bonchev–Trinajstić information content (AvgIpc) is 2.78. The molecule has 1 N–H and O–H groups in total. The van der Waals surface area contributed by atoms with Gasteiger partial charge < -0.3 is 15.1 Å². The van der Waals surface area contributed by atoms with Gasteiger partial charge in [-0.15, -0.1) is 0 Å². The number of piperazine rings is 1. The third-order valence-corrected chi connectivity index (χ3v) is 6.37. The Morgan fingerprint density at radius 3 is 2.70 bits per heavy atom. The molecule has 2 aromatic rings. The fourth-order valence-corrected chi connectivity index (χ4v) is 4.55. The molecule has 0 bridgehead atoms. The van der Waals surface area contributed by atoms with E-state index in [0.717, 1.165) is 43.0 Å². The SMILES string of the molecule is CCC(C)NC(=O)C1Cc2cc([N+](=O)[O-])ccc2N2CCN(c3ccccc3)CC12. The van der Waals surface area contributed by atoms with Crippen molar-refractivity contribution >= 4 is 23.0 Å². The third kappa shape index (κ3) is 3.84. The molecule has 0 radical (unpaired) electrons. The van der Waals surface area contributed by atoms with Crippen molar-refractivity contribution in [2.45, 2.75) is 38.8 Å². The summed E-state index contributed by atoms with van der Waals surface area (Å²) >= 11 is 0. The number of anilines is 2. The molecule has 2 heterocycles. The van der Waals surface area contributed by atoms with Crippen LogP contribution >= 0.6 is 0 Å². The average molecular weight is 409 g/mol. The van der Waals surface area contributed by atoms with Crippen LogP contribution in [0.3, 0.4) is 0 Å². The highest BCUT2D eigenvalue weighted by molar-refractivity contribution is 5.82. The number of rotatable bonds is 5. The van der Waals surface area contributed by atoms with Crippen LogP contribution in [0, 0.1) is 16.0 Å². The Hall–Kier alpha value is -3.09. The van der Waals surface area contributed by atoms with Crippen molar-refractivity contribution < 1.29 is 9.72 Å². The summed E-state index contributed by atoms with van der Waals surface area (Å²) in [5.74, 6) is -0.216. The zero-order chi connectivity index (χ0) is 21.3. The van der Waals surface area contributed by atoms with E-state index in [-0.39, 0.29) is 34.5 Å². The number of hydrogen-bond donors (Lipinski definition) is 1. The smallest absolute Gasteiger partial charge is 0.269 e. The van der Waals surface area contributed by atoms with Crippen LogP contribution < -0.4 is 15.1 Å². The molecule has 7 nitrogen and oxygen atoms in total. The van der Waals surface area contributed by atoms with Crippen molar-refractivity contribution in [3.63, 3.8) is 0 Å². The van der Waals surface area contributed by atoms with E-state index in [1.165, 1.54) is 0 Å². The Morgan fingerprint density at radius 1 is 1.23 bits per heavy atom. The third-order valence-electron chi connectivity index (χ3n) is 6.37. The molecular formula is C23H28N4O3. The summed E-state index contributed by atoms with van der Waals surface area (Å²) in [6, 6.07) is 15.5. The van der Waals surface area contributed by atoms with Crippen LogP contribution in [0.2, 0.25) is 0 Å². The number of amides is 1. The zero-order valence-electron chi connectivity index (χ0n) is 17.5. The second-order valence-electron chi connectivity index (χ2n) is 8.24. The van der Waals surface area contributed by atoms with Crippen LogP contribution in [0.15, 0.2) is 48.5 Å². The predicted molar refractivity (Wildman–Crippen MR) is 118 cm³/mol. The van der Waals surface area contributed by atoms with E-state index in [0.29, 0.717) is 6.42 Å². The molecule has 0 aromatic heterocycles. The molecule has 3 atom stereocenters. The van der Waals surface area contributed by atoms with Gasteiger partial charge >= 0.3 is 0 Å². The van der Waals surface area contributed by atoms with Gasteiger partial charge in [-0.2, -0.15) is 0 Å². The largest absolute Gasteiger partial charge is 0.368 e. The second-order valence-corrected chi connectivity index (χ2v) is 8.24. The van der Waals surface area contributed by atoms with Crippen molar-refractivity contribution in [2.24, 2.45) is 5.92 Å². The number of para-hydroxylation sites is 1. The van der Waals surface area contributed by atoms with Gasteiger partial charge in [-0.25, -0.2) is 0 Å². The van der Waals surface area contributed by atoms with Crippen LogP contribution in [0.5, 0.6) is 0 Å². The van der Waals surface area contributed by atoms with E-state index in [4.69, 9.17) is 0 Å². The number of carbonyl (C=O) groups is 1. The van der Waals surface area contributed by atoms with Crippen LogP contribution in [-0.2, 0) is 11.2 Å². The first-order valence-corrected chi connectivity index (χ1v) is 10.6. The Kier molecular flexibility index (Phi) is 5.61. The van der Waals surface area contributed by atoms with Crippen LogP contribution in [-0.4, -0.2) is 42.5 Å². The fraction of sp³-hybridized carbons (Fsp3) is 0.435. The van der Waals surface area contributed by atoms with Crippen molar-refractivity contribution in [1.29, 1.82) is 0 Å². The minimum absolute atomic E-state index is 0.0250. The first kappa shape index (κ1) is 20.2. The normalized spacial score (nSPS) is 21.4. The van der Waals surface area contributed by atoms with E-state index >= 15 is 0 Å². The maximum absolute atomic E-state index is 13.2. The minimum atomic E-state index is -0.367. The fourth-order valence-electron chi connectivity index (χ4n) is 4.55. The molecular weight excluding hydrogens is 380 g/mol. The number of benzene rings is 2. The molecule has 2 aliphatic heterocycles. The number of carbonyl (C=O) groups excluding carboxylic acids is 1. The van der Waals surface area contributed by atoms with Crippen molar-refractivity contribution in [2.75, 3.05) is 29.4 Å². The van der Waals surface area contributed by atoms with Gasteiger partial charge in [0.05, 0.1) is 16.9 Å². The molecule has 0 spiro atoms. The molecule has 0 aliphatic carbocycles. The van der Waals surface area contributed by atoms with E-state index in [2.05, 4.69) is 34.2 Å². The number of nitrogens with one attached hydrogen (secondary N) is 1. The minimum Gasteiger partial charge on any atom is -0.368 e. The molecule has 0 saturated carbocycles. The van der Waals surface area contributed by atoms with E-state index in [9.17, 15) is 14.9 Å². The lowest BCUT2D eigenvalue weighted by molar-refractivity contribution is -0.384. The maximum atomic E-state index is 13.2. The number of nitro benzene ring substituents is 1. The van der Waals surface area contributed by atoms with Gasteiger partial charge in [0.2, 0.25) is 5.91 Å². The Balaban J connectivity index is 1.67. The van der Waals surface area contributed by atoms with Gasteiger partial charge in [-0.3, -0.25) is 14.9 Å². The van der Waals surface area contributed by atoms with Crippen LogP contribution in [0.1, 0.15) is 25.8 Å². The maximum Gasteiger partial charge on any atom is 0.269 e. The monoisotopic (exact) mass is 408 g/mol. The summed E-state index contributed by atoms with van der Waals surface area (Å²) in [6.45, 7) is 6.43. The molecule has 1 saturated heterocycles. The van der Waals surface area contributed by atoms with Gasteiger partial charge in [0.1, 0.15) is 0 Å². The predicted octanol–water partition coefficient (Wildman–Crippen LogP) is 3.38. The molecule has 1 amide bonds. The quantitative estimate of drug-likeness (QED) is 0.606. The molecule has 2 aromatic carbocycles. The van der Waals surface area contributed by atoms with E-state index in [1.54, 1.807) is 12.1 Å². The van der Waals surface area contributed by atoms with Gasteiger partial charge in [0.25, 0.3) is 5.69 Å². The first-order chi connectivity index (χ1) is 14.5. The Bertz CT molecular complexity index is 933. The van der Waals surface area contributed by atoms with Crippen molar-refractivity contribution in [3.8, 4) is 0 Å². The molecule has 3 unspecified atom stereocenters. The lowest BCUT2D eigenvalue weighted by atomic mass is 9.83. The van der Waals surface area contributed by atoms with Gasteiger partial charge in [0.15, 0.2) is 0 Å². The Morgan fingerprint density at radius 2 is 2.00 bits per heavy atom. The summed E-state index contributed by atoms with van der Waals surface area (Å²) in [6.07, 6.45) is 1.38. The molecule has 30 heavy (non-hydrogen) atoms. The molecule has 4 rings (SSSR count). The molecule has 7 heteroatoms. The number of non-ortho nitro benzene ring substituents is 1. The molecule has 1 fully saturated rings. The van der Waals surface area contributed by atoms with Crippen LogP contribution in [0.25, 0.3) is 0 Å². The van der Waals surface area contributed by atoms with Gasteiger partial charge in [0, 0.05) is 49.2 Å². The molecule has 158 valence electrons. The number of nitrogens with zero attached hydrogens (tertiary/aromatic N) is 3. The highest BCUT2D eigenvalue weighted by Gasteiger charge is 2.42. The number of hydrogen-bond acceptors (Lipinski definition) is 5. The summed E-state index contributed by atoms with van der Waals surface area (Å²) in [5, 5.41) is 14.4. The van der Waals surface area contributed by atoms with Crippen LogP contribution in [0.4, 0.5) is 17.1 Å². The zero-order valence-corrected chi connectivity index (χ0v) is 17.5. The second kappa shape index (κ2) is 8.34. The summed E-state index contributed by atoms with van der Waals surface area (Å²) < 4.78 is 0. The highest BCUT2D eigenvalue weighted by atomic mass is 16.6. The Labute approximate surface area is 176 Å². The highest BCUT2D eigenvalue weighted by Crippen LogP contribution is 2.38. The summed E-state index contributed by atoms with van der Waals surface area (Å²) in [7, 11) is 0. The van der Waals surface area contributed by atoms with Crippen molar-refractivity contribution in [1.82, 2.24) is 5.32 Å². The van der Waals surface area contributed by atoms with Crippen molar-refractivity contribution in [3.05, 3.63) is 64.2 Å². The number of nitro groups is 1. The lowest BCUT2D eigenvalue weighted by Crippen LogP contribution is -2.61.